The third-order valence-electron chi connectivity index (χ3n) is 1.71. The van der Waals surface area contributed by atoms with Gasteiger partial charge in [0.05, 0.1) is 5.38 Å². The Morgan fingerprint density at radius 1 is 1.46 bits per heavy atom. The topological polar surface area (TPSA) is 20.2 Å². The van der Waals surface area contributed by atoms with E-state index >= 15 is 0 Å². The lowest BCUT2D eigenvalue weighted by molar-refractivity contribution is 0.461. The molecule has 1 nitrogen and oxygen atoms in total. The van der Waals surface area contributed by atoms with E-state index in [1.165, 1.54) is 0 Å². The molecule has 4 heteroatoms. The molecular weight excluding hydrogens is 227 g/mol. The molecule has 1 aromatic rings. The predicted octanol–water partition coefficient (Wildman–Crippen LogP) is 3.07. The maximum Gasteiger partial charge on any atom is 0.129 e. The van der Waals surface area contributed by atoms with E-state index in [1.54, 1.807) is 12.1 Å². The first kappa shape index (κ1) is 11.0. The number of hydrogen-bond donors (Lipinski definition) is 2. The lowest BCUT2D eigenvalue weighted by Crippen LogP contribution is -2.05. The summed E-state index contributed by atoms with van der Waals surface area (Å²) < 4.78 is 0. The Balaban J connectivity index is 2.83. The van der Waals surface area contributed by atoms with Crippen molar-refractivity contribution >= 4 is 35.8 Å². The summed E-state index contributed by atoms with van der Waals surface area (Å²) in [6, 6.07) is 5.24. The van der Waals surface area contributed by atoms with E-state index in [0.717, 1.165) is 5.56 Å². The molecule has 0 amide bonds. The van der Waals surface area contributed by atoms with Crippen LogP contribution in [0.4, 0.5) is 0 Å². The number of aromatic hydroxyl groups is 1. The fraction of sp³-hybridized carbons (Fsp3) is 0.333. The number of phenolic OH excluding ortho intramolecular Hbond substituents is 1. The summed E-state index contributed by atoms with van der Waals surface area (Å²) in [5, 5.41) is 9.22. The Morgan fingerprint density at radius 3 is 2.77 bits per heavy atom. The fourth-order valence-electron chi connectivity index (χ4n) is 1.04. The molecule has 0 bridgehead atoms. The third-order valence-corrected chi connectivity index (χ3v) is 3.06. The van der Waals surface area contributed by atoms with Crippen LogP contribution in [0.3, 0.4) is 0 Å². The number of thiol groups is 1. The lowest BCUT2D eigenvalue weighted by Gasteiger charge is -2.08. The van der Waals surface area contributed by atoms with Crippen LogP contribution >= 0.6 is 35.8 Å². The minimum Gasteiger partial charge on any atom is -0.507 e. The number of alkyl halides is 2. The normalized spacial score (nSPS) is 12.8. The Bertz CT molecular complexity index is 291. The van der Waals surface area contributed by atoms with Gasteiger partial charge in [-0.05, 0) is 18.1 Å². The molecule has 1 atom stereocenters. The molecule has 1 N–H and O–H groups in total. The first-order valence-electron chi connectivity index (χ1n) is 3.85. The van der Waals surface area contributed by atoms with Crippen molar-refractivity contribution in [3.63, 3.8) is 0 Å². The maximum absolute atomic E-state index is 9.33. The van der Waals surface area contributed by atoms with Crippen molar-refractivity contribution in [2.24, 2.45) is 0 Å². The summed E-state index contributed by atoms with van der Waals surface area (Å²) in [4.78, 5) is 0.582. The van der Waals surface area contributed by atoms with Gasteiger partial charge in [0.25, 0.3) is 0 Å². The third kappa shape index (κ3) is 2.97. The molecule has 0 fully saturated rings. The van der Waals surface area contributed by atoms with Gasteiger partial charge < -0.3 is 5.11 Å². The largest absolute Gasteiger partial charge is 0.507 e. The average molecular weight is 237 g/mol. The number of rotatable bonds is 3. The summed E-state index contributed by atoms with van der Waals surface area (Å²) in [5.41, 5.74) is 0.920. The molecule has 0 saturated heterocycles. The van der Waals surface area contributed by atoms with Gasteiger partial charge in [0.15, 0.2) is 0 Å². The summed E-state index contributed by atoms with van der Waals surface area (Å²) >= 11 is 15.6. The second kappa shape index (κ2) is 4.99. The molecule has 0 saturated carbocycles. The van der Waals surface area contributed by atoms with E-state index in [4.69, 9.17) is 23.2 Å². The number of hydrogen-bond acceptors (Lipinski definition) is 2. The van der Waals surface area contributed by atoms with Crippen LogP contribution in [0.1, 0.15) is 5.56 Å². The van der Waals surface area contributed by atoms with Gasteiger partial charge in [0.2, 0.25) is 0 Å². The minimum atomic E-state index is -0.116. The van der Waals surface area contributed by atoms with Gasteiger partial charge in [-0.3, -0.25) is 0 Å². The molecule has 0 spiro atoms. The van der Waals surface area contributed by atoms with Crippen LogP contribution in [0, 0.1) is 0 Å². The zero-order chi connectivity index (χ0) is 9.84. The highest BCUT2D eigenvalue weighted by Crippen LogP contribution is 2.26. The van der Waals surface area contributed by atoms with Gasteiger partial charge >= 0.3 is 0 Å². The van der Waals surface area contributed by atoms with E-state index in [2.05, 4.69) is 12.6 Å². The lowest BCUT2D eigenvalue weighted by atomic mass is 10.1. The summed E-state index contributed by atoms with van der Waals surface area (Å²) in [6.45, 7) is 0. The van der Waals surface area contributed by atoms with Crippen LogP contribution < -0.4 is 0 Å². The van der Waals surface area contributed by atoms with E-state index in [9.17, 15) is 5.11 Å². The molecular formula is C9H10Cl2OS. The van der Waals surface area contributed by atoms with Gasteiger partial charge in [-0.25, -0.2) is 0 Å². The summed E-state index contributed by atoms with van der Waals surface area (Å²) in [7, 11) is 0. The highest BCUT2D eigenvalue weighted by atomic mass is 35.5. The summed E-state index contributed by atoms with van der Waals surface area (Å²) in [5.74, 6) is 0.573. The van der Waals surface area contributed by atoms with Crippen molar-refractivity contribution in [2.45, 2.75) is 16.7 Å². The molecule has 1 aromatic carbocycles. The second-order valence-corrected chi connectivity index (χ2v) is 4.11. The number of phenols is 1. The van der Waals surface area contributed by atoms with Crippen molar-refractivity contribution in [1.29, 1.82) is 0 Å². The van der Waals surface area contributed by atoms with Gasteiger partial charge in [0, 0.05) is 10.8 Å². The predicted molar refractivity (Wildman–Crippen MR) is 59.4 cm³/mol. The highest BCUT2D eigenvalue weighted by Gasteiger charge is 2.08. The van der Waals surface area contributed by atoms with Gasteiger partial charge in [-0.1, -0.05) is 12.1 Å². The van der Waals surface area contributed by atoms with Gasteiger partial charge in [0.1, 0.15) is 5.75 Å². The first-order valence-corrected chi connectivity index (χ1v) is 5.26. The van der Waals surface area contributed by atoms with Crippen LogP contribution in [0.25, 0.3) is 0 Å². The SMILES string of the molecule is Oc1cccc(CC(Cl)CCl)c1S. The fourth-order valence-corrected chi connectivity index (χ4v) is 1.55. The van der Waals surface area contributed by atoms with E-state index in [-0.39, 0.29) is 11.1 Å². The average Bonchev–Trinajstić information content (AvgIpc) is 2.13. The van der Waals surface area contributed by atoms with Crippen molar-refractivity contribution in [3.8, 4) is 5.75 Å². The number of benzene rings is 1. The van der Waals surface area contributed by atoms with Crippen molar-refractivity contribution in [3.05, 3.63) is 23.8 Å². The van der Waals surface area contributed by atoms with E-state index < -0.39 is 0 Å². The van der Waals surface area contributed by atoms with Crippen LogP contribution in [0.5, 0.6) is 5.75 Å². The summed E-state index contributed by atoms with van der Waals surface area (Å²) in [6.07, 6.45) is 0.623. The molecule has 1 rings (SSSR count). The first-order chi connectivity index (χ1) is 6.15. The highest BCUT2D eigenvalue weighted by molar-refractivity contribution is 7.80. The molecule has 0 heterocycles. The number of halogens is 2. The molecule has 0 aliphatic rings. The molecule has 72 valence electrons. The van der Waals surface area contributed by atoms with E-state index in [1.807, 2.05) is 6.07 Å². The van der Waals surface area contributed by atoms with Gasteiger partial charge in [-0.15, -0.1) is 35.8 Å². The van der Waals surface area contributed by atoms with Crippen LogP contribution in [0.15, 0.2) is 23.1 Å². The molecule has 0 aromatic heterocycles. The molecule has 0 aliphatic heterocycles. The van der Waals surface area contributed by atoms with Gasteiger partial charge in [-0.2, -0.15) is 0 Å². The van der Waals surface area contributed by atoms with Crippen molar-refractivity contribution in [2.75, 3.05) is 5.88 Å². The van der Waals surface area contributed by atoms with E-state index in [0.29, 0.717) is 17.2 Å². The Morgan fingerprint density at radius 2 is 2.15 bits per heavy atom. The smallest absolute Gasteiger partial charge is 0.129 e. The Kier molecular flexibility index (Phi) is 4.23. The molecule has 13 heavy (non-hydrogen) atoms. The second-order valence-electron chi connectivity index (χ2n) is 2.74. The maximum atomic E-state index is 9.33. The van der Waals surface area contributed by atoms with Crippen LogP contribution in [-0.4, -0.2) is 16.4 Å². The Labute approximate surface area is 93.1 Å². The Hall–Kier alpha value is -0.0500. The monoisotopic (exact) mass is 236 g/mol. The zero-order valence-corrected chi connectivity index (χ0v) is 9.28. The minimum absolute atomic E-state index is 0.116. The van der Waals surface area contributed by atoms with Crippen LogP contribution in [0.2, 0.25) is 0 Å². The van der Waals surface area contributed by atoms with Crippen molar-refractivity contribution in [1.82, 2.24) is 0 Å². The van der Waals surface area contributed by atoms with Crippen LogP contribution in [-0.2, 0) is 6.42 Å². The quantitative estimate of drug-likeness (QED) is 0.611. The molecule has 1 unspecified atom stereocenters. The van der Waals surface area contributed by atoms with Crippen molar-refractivity contribution < 1.29 is 5.11 Å². The zero-order valence-electron chi connectivity index (χ0n) is 6.87. The standard InChI is InChI=1S/C9H10Cl2OS/c10-5-7(11)4-6-2-1-3-8(12)9(6)13/h1-3,7,12-13H,4-5H2. The molecule has 0 radical (unpaired) electrons. The molecule has 0 aliphatic carbocycles.